The van der Waals surface area contributed by atoms with Crippen LogP contribution in [0.25, 0.3) is 0 Å². The van der Waals surface area contributed by atoms with Crippen LogP contribution in [-0.4, -0.2) is 18.5 Å². The van der Waals surface area contributed by atoms with Gasteiger partial charge in [0.2, 0.25) is 0 Å². The molecule has 0 amide bonds. The van der Waals surface area contributed by atoms with Crippen LogP contribution in [0.5, 0.6) is 0 Å². The monoisotopic (exact) mass is 182 g/mol. The lowest BCUT2D eigenvalue weighted by Gasteiger charge is -2.05. The van der Waals surface area contributed by atoms with Crippen LogP contribution in [-0.2, 0) is 16.0 Å². The van der Waals surface area contributed by atoms with Crippen molar-refractivity contribution >= 4 is 5.78 Å². The Kier molecular flexibility index (Phi) is 3.71. The molecule has 0 spiro atoms. The third kappa shape index (κ3) is 3.90. The SMILES string of the molecule is CC(C)OCC(=O)Cc1ccoc1. The third-order valence-electron chi connectivity index (χ3n) is 1.56. The van der Waals surface area contributed by atoms with Gasteiger partial charge in [-0.2, -0.15) is 0 Å². The molecule has 0 unspecified atom stereocenters. The van der Waals surface area contributed by atoms with Crippen molar-refractivity contribution < 1.29 is 13.9 Å². The summed E-state index contributed by atoms with van der Waals surface area (Å²) in [5, 5.41) is 0. The normalized spacial score (nSPS) is 10.7. The Morgan fingerprint density at radius 2 is 2.38 bits per heavy atom. The molecule has 3 nitrogen and oxygen atoms in total. The quantitative estimate of drug-likeness (QED) is 0.697. The van der Waals surface area contributed by atoms with Crippen LogP contribution >= 0.6 is 0 Å². The van der Waals surface area contributed by atoms with Crippen molar-refractivity contribution in [2.75, 3.05) is 6.61 Å². The molecule has 72 valence electrons. The minimum atomic E-state index is 0.0788. The molecule has 0 bridgehead atoms. The summed E-state index contributed by atoms with van der Waals surface area (Å²) in [5.41, 5.74) is 0.900. The molecular weight excluding hydrogens is 168 g/mol. The first-order chi connectivity index (χ1) is 6.18. The van der Waals surface area contributed by atoms with E-state index in [4.69, 9.17) is 9.15 Å². The fourth-order valence-electron chi connectivity index (χ4n) is 0.932. The molecule has 0 aliphatic heterocycles. The zero-order valence-corrected chi connectivity index (χ0v) is 7.95. The topological polar surface area (TPSA) is 39.4 Å². The van der Waals surface area contributed by atoms with Crippen molar-refractivity contribution in [2.24, 2.45) is 0 Å². The predicted octanol–water partition coefficient (Wildman–Crippen LogP) is 1.82. The Labute approximate surface area is 77.7 Å². The van der Waals surface area contributed by atoms with E-state index in [1.54, 1.807) is 18.6 Å². The Bertz CT molecular complexity index is 249. The first-order valence-electron chi connectivity index (χ1n) is 4.33. The number of Topliss-reactive ketones (excluding diaryl/α,β-unsaturated/α-hetero) is 1. The van der Waals surface area contributed by atoms with Gasteiger partial charge in [-0.25, -0.2) is 0 Å². The Hall–Kier alpha value is -1.09. The van der Waals surface area contributed by atoms with Gasteiger partial charge in [0.25, 0.3) is 0 Å². The molecule has 0 aromatic carbocycles. The van der Waals surface area contributed by atoms with Crippen LogP contribution in [0.4, 0.5) is 0 Å². The van der Waals surface area contributed by atoms with Crippen LogP contribution < -0.4 is 0 Å². The molecule has 0 saturated carbocycles. The largest absolute Gasteiger partial charge is 0.472 e. The van der Waals surface area contributed by atoms with Gasteiger partial charge in [-0.3, -0.25) is 4.79 Å². The van der Waals surface area contributed by atoms with Crippen molar-refractivity contribution in [3.8, 4) is 0 Å². The number of furan rings is 1. The van der Waals surface area contributed by atoms with E-state index < -0.39 is 0 Å². The average molecular weight is 182 g/mol. The van der Waals surface area contributed by atoms with Crippen LogP contribution in [0.1, 0.15) is 19.4 Å². The van der Waals surface area contributed by atoms with E-state index in [1.807, 2.05) is 13.8 Å². The van der Waals surface area contributed by atoms with Crippen molar-refractivity contribution in [2.45, 2.75) is 26.4 Å². The van der Waals surface area contributed by atoms with Crippen molar-refractivity contribution in [3.05, 3.63) is 24.2 Å². The maximum absolute atomic E-state index is 11.2. The number of carbonyl (C=O) groups excluding carboxylic acids is 1. The predicted molar refractivity (Wildman–Crippen MR) is 48.5 cm³/mol. The van der Waals surface area contributed by atoms with Gasteiger partial charge in [0, 0.05) is 6.42 Å². The van der Waals surface area contributed by atoms with Gasteiger partial charge in [0.05, 0.1) is 18.6 Å². The molecule has 0 N–H and O–H groups in total. The van der Waals surface area contributed by atoms with Crippen molar-refractivity contribution in [1.29, 1.82) is 0 Å². The molecule has 3 heteroatoms. The zero-order chi connectivity index (χ0) is 9.68. The van der Waals surface area contributed by atoms with Gasteiger partial charge in [-0.05, 0) is 25.5 Å². The van der Waals surface area contributed by atoms with E-state index in [2.05, 4.69) is 0 Å². The van der Waals surface area contributed by atoms with Crippen molar-refractivity contribution in [1.82, 2.24) is 0 Å². The Morgan fingerprint density at radius 3 is 2.92 bits per heavy atom. The maximum atomic E-state index is 11.2. The standard InChI is InChI=1S/C10H14O3/c1-8(2)13-7-10(11)5-9-3-4-12-6-9/h3-4,6,8H,5,7H2,1-2H3. The van der Waals surface area contributed by atoms with E-state index in [0.717, 1.165) is 5.56 Å². The molecule has 1 rings (SSSR count). The summed E-state index contributed by atoms with van der Waals surface area (Å²) in [6, 6.07) is 1.78. The lowest BCUT2D eigenvalue weighted by Crippen LogP contribution is -2.14. The summed E-state index contributed by atoms with van der Waals surface area (Å²) in [6.45, 7) is 4.00. The summed E-state index contributed by atoms with van der Waals surface area (Å²) >= 11 is 0. The first-order valence-corrected chi connectivity index (χ1v) is 4.33. The molecule has 0 aliphatic carbocycles. The minimum absolute atomic E-state index is 0.0788. The Balaban J connectivity index is 2.26. The van der Waals surface area contributed by atoms with E-state index in [9.17, 15) is 4.79 Å². The second-order valence-electron chi connectivity index (χ2n) is 3.21. The van der Waals surface area contributed by atoms with E-state index in [0.29, 0.717) is 6.42 Å². The van der Waals surface area contributed by atoms with E-state index in [-0.39, 0.29) is 18.5 Å². The first kappa shape index (κ1) is 9.99. The molecule has 0 fully saturated rings. The minimum Gasteiger partial charge on any atom is -0.472 e. The maximum Gasteiger partial charge on any atom is 0.162 e. The van der Waals surface area contributed by atoms with Crippen LogP contribution in [0.15, 0.2) is 23.0 Å². The summed E-state index contributed by atoms with van der Waals surface area (Å²) in [6.07, 6.45) is 3.64. The number of hydrogen-bond acceptors (Lipinski definition) is 3. The lowest BCUT2D eigenvalue weighted by atomic mass is 10.2. The summed E-state index contributed by atoms with van der Waals surface area (Å²) in [7, 11) is 0. The molecule has 0 atom stereocenters. The highest BCUT2D eigenvalue weighted by molar-refractivity contribution is 5.81. The van der Waals surface area contributed by atoms with Crippen LogP contribution in [0.3, 0.4) is 0 Å². The molecule has 1 aromatic rings. The molecular formula is C10H14O3. The Morgan fingerprint density at radius 1 is 1.62 bits per heavy atom. The number of hydrogen-bond donors (Lipinski definition) is 0. The van der Waals surface area contributed by atoms with Crippen LogP contribution in [0, 0.1) is 0 Å². The fourth-order valence-corrected chi connectivity index (χ4v) is 0.932. The molecule has 1 heterocycles. The molecule has 1 aromatic heterocycles. The van der Waals surface area contributed by atoms with E-state index >= 15 is 0 Å². The second-order valence-corrected chi connectivity index (χ2v) is 3.21. The van der Waals surface area contributed by atoms with Crippen molar-refractivity contribution in [3.63, 3.8) is 0 Å². The lowest BCUT2D eigenvalue weighted by molar-refractivity contribution is -0.124. The summed E-state index contributed by atoms with van der Waals surface area (Å²) in [4.78, 5) is 11.2. The number of ether oxygens (including phenoxy) is 1. The van der Waals surface area contributed by atoms with Gasteiger partial charge in [-0.15, -0.1) is 0 Å². The molecule has 13 heavy (non-hydrogen) atoms. The molecule has 0 saturated heterocycles. The average Bonchev–Trinajstić information content (AvgIpc) is 2.53. The smallest absolute Gasteiger partial charge is 0.162 e. The highest BCUT2D eigenvalue weighted by Crippen LogP contribution is 2.01. The number of rotatable bonds is 5. The number of carbonyl (C=O) groups is 1. The number of ketones is 1. The van der Waals surface area contributed by atoms with Gasteiger partial charge in [0.15, 0.2) is 5.78 Å². The third-order valence-corrected chi connectivity index (χ3v) is 1.56. The van der Waals surface area contributed by atoms with Gasteiger partial charge < -0.3 is 9.15 Å². The summed E-state index contributed by atoms with van der Waals surface area (Å²) < 4.78 is 10.0. The zero-order valence-electron chi connectivity index (χ0n) is 7.95. The van der Waals surface area contributed by atoms with Gasteiger partial charge >= 0.3 is 0 Å². The summed E-state index contributed by atoms with van der Waals surface area (Å²) in [5.74, 6) is 0.0788. The van der Waals surface area contributed by atoms with E-state index in [1.165, 1.54) is 0 Å². The molecule has 0 radical (unpaired) electrons. The van der Waals surface area contributed by atoms with Gasteiger partial charge in [0.1, 0.15) is 6.61 Å². The second kappa shape index (κ2) is 4.82. The highest BCUT2D eigenvalue weighted by Gasteiger charge is 2.05. The fraction of sp³-hybridized carbons (Fsp3) is 0.500. The molecule has 0 aliphatic rings. The highest BCUT2D eigenvalue weighted by atomic mass is 16.5. The van der Waals surface area contributed by atoms with Crippen LogP contribution in [0.2, 0.25) is 0 Å². The van der Waals surface area contributed by atoms with Gasteiger partial charge in [-0.1, -0.05) is 0 Å².